The van der Waals surface area contributed by atoms with Gasteiger partial charge in [-0.15, -0.1) is 0 Å². The molecule has 4 heteroatoms. The van der Waals surface area contributed by atoms with Crippen LogP contribution in [0.1, 0.15) is 19.4 Å². The first-order valence-corrected chi connectivity index (χ1v) is 5.79. The smallest absolute Gasteiger partial charge is 0.0911 e. The number of hydrogen-bond acceptors (Lipinski definition) is 3. The highest BCUT2D eigenvalue weighted by atomic mass is 16.5. The molecule has 0 amide bonds. The lowest BCUT2D eigenvalue weighted by atomic mass is 10.2. The number of nitrogens with zero attached hydrogens (tertiary/aromatic N) is 3. The Bertz CT molecular complexity index is 451. The van der Waals surface area contributed by atoms with Crippen LogP contribution in [0.2, 0.25) is 0 Å². The van der Waals surface area contributed by atoms with Crippen LogP contribution in [0.25, 0.3) is 5.69 Å². The Kier molecular flexibility index (Phi) is 3.88. The van der Waals surface area contributed by atoms with Gasteiger partial charge in [0.1, 0.15) is 0 Å². The van der Waals surface area contributed by atoms with Gasteiger partial charge in [-0.25, -0.2) is 0 Å². The topological polar surface area (TPSA) is 39.9 Å². The van der Waals surface area contributed by atoms with Crippen LogP contribution in [0.15, 0.2) is 36.7 Å². The second-order valence-corrected chi connectivity index (χ2v) is 4.36. The molecule has 0 N–H and O–H groups in total. The van der Waals surface area contributed by atoms with E-state index in [1.165, 1.54) is 0 Å². The monoisotopic (exact) mass is 231 g/mol. The van der Waals surface area contributed by atoms with Crippen molar-refractivity contribution >= 4 is 0 Å². The summed E-state index contributed by atoms with van der Waals surface area (Å²) in [6.07, 6.45) is 3.34. The van der Waals surface area contributed by atoms with E-state index in [9.17, 15) is 0 Å². The number of aromatic nitrogens is 3. The number of ether oxygens (including phenoxy) is 1. The van der Waals surface area contributed by atoms with E-state index in [1.807, 2.05) is 24.3 Å². The maximum absolute atomic E-state index is 5.65. The van der Waals surface area contributed by atoms with E-state index in [1.54, 1.807) is 17.2 Å². The SMILES string of the molecule is CC(C)COCc1ccccc1-n1nccn1. The zero-order valence-corrected chi connectivity index (χ0v) is 10.2. The predicted octanol–water partition coefficient (Wildman–Crippen LogP) is 2.44. The largest absolute Gasteiger partial charge is 0.376 e. The van der Waals surface area contributed by atoms with Gasteiger partial charge >= 0.3 is 0 Å². The summed E-state index contributed by atoms with van der Waals surface area (Å²) in [5, 5.41) is 8.28. The molecule has 0 spiro atoms. The van der Waals surface area contributed by atoms with Gasteiger partial charge in [-0.3, -0.25) is 0 Å². The Morgan fingerprint density at radius 2 is 1.88 bits per heavy atom. The van der Waals surface area contributed by atoms with Gasteiger partial charge in [0.05, 0.1) is 24.7 Å². The fourth-order valence-electron chi connectivity index (χ4n) is 1.57. The van der Waals surface area contributed by atoms with Crippen molar-refractivity contribution in [3.63, 3.8) is 0 Å². The van der Waals surface area contributed by atoms with Gasteiger partial charge in [-0.05, 0) is 12.0 Å². The lowest BCUT2D eigenvalue weighted by Gasteiger charge is -2.10. The molecule has 1 heterocycles. The first-order chi connectivity index (χ1) is 8.27. The van der Waals surface area contributed by atoms with Crippen molar-refractivity contribution < 1.29 is 4.74 Å². The van der Waals surface area contributed by atoms with Crippen LogP contribution in [0.3, 0.4) is 0 Å². The first kappa shape index (κ1) is 11.8. The molecular formula is C13H17N3O. The van der Waals surface area contributed by atoms with E-state index < -0.39 is 0 Å². The molecule has 2 aromatic rings. The van der Waals surface area contributed by atoms with E-state index in [0.717, 1.165) is 17.9 Å². The molecule has 1 aromatic heterocycles. The van der Waals surface area contributed by atoms with Crippen LogP contribution in [0.5, 0.6) is 0 Å². The summed E-state index contributed by atoms with van der Waals surface area (Å²) < 4.78 is 5.65. The van der Waals surface area contributed by atoms with Gasteiger partial charge in [-0.2, -0.15) is 15.0 Å². The van der Waals surface area contributed by atoms with Crippen molar-refractivity contribution in [3.8, 4) is 5.69 Å². The number of hydrogen-bond donors (Lipinski definition) is 0. The fourth-order valence-corrected chi connectivity index (χ4v) is 1.57. The summed E-state index contributed by atoms with van der Waals surface area (Å²) >= 11 is 0. The lowest BCUT2D eigenvalue weighted by molar-refractivity contribution is 0.0969. The van der Waals surface area contributed by atoms with Crippen molar-refractivity contribution in [3.05, 3.63) is 42.2 Å². The summed E-state index contributed by atoms with van der Waals surface area (Å²) in [4.78, 5) is 1.62. The Morgan fingerprint density at radius 1 is 1.18 bits per heavy atom. The van der Waals surface area contributed by atoms with E-state index >= 15 is 0 Å². The predicted molar refractivity (Wildman–Crippen MR) is 65.9 cm³/mol. The molecule has 1 aromatic carbocycles. The summed E-state index contributed by atoms with van der Waals surface area (Å²) in [7, 11) is 0. The molecule has 0 fully saturated rings. The lowest BCUT2D eigenvalue weighted by Crippen LogP contribution is -2.06. The third-order valence-corrected chi connectivity index (χ3v) is 2.33. The molecule has 17 heavy (non-hydrogen) atoms. The maximum atomic E-state index is 5.65. The Labute approximate surface area is 101 Å². The second kappa shape index (κ2) is 5.59. The first-order valence-electron chi connectivity index (χ1n) is 5.79. The molecule has 0 atom stereocenters. The van der Waals surface area contributed by atoms with Crippen molar-refractivity contribution in [2.24, 2.45) is 5.92 Å². The summed E-state index contributed by atoms with van der Waals surface area (Å²) in [6, 6.07) is 8.01. The molecule has 0 bridgehead atoms. The highest BCUT2D eigenvalue weighted by molar-refractivity contribution is 5.38. The molecule has 4 nitrogen and oxygen atoms in total. The normalized spacial score (nSPS) is 11.0. The van der Waals surface area contributed by atoms with Crippen LogP contribution < -0.4 is 0 Å². The van der Waals surface area contributed by atoms with E-state index in [4.69, 9.17) is 4.74 Å². The average molecular weight is 231 g/mol. The fraction of sp³-hybridized carbons (Fsp3) is 0.385. The van der Waals surface area contributed by atoms with Crippen LogP contribution in [-0.4, -0.2) is 21.6 Å². The summed E-state index contributed by atoms with van der Waals surface area (Å²) in [5.41, 5.74) is 2.07. The molecule has 0 saturated carbocycles. The second-order valence-electron chi connectivity index (χ2n) is 4.36. The van der Waals surface area contributed by atoms with Crippen LogP contribution in [0.4, 0.5) is 0 Å². The molecule has 2 rings (SSSR count). The van der Waals surface area contributed by atoms with Gasteiger partial charge in [-0.1, -0.05) is 32.0 Å². The van der Waals surface area contributed by atoms with E-state index in [2.05, 4.69) is 24.0 Å². The van der Waals surface area contributed by atoms with Gasteiger partial charge in [0.15, 0.2) is 0 Å². The van der Waals surface area contributed by atoms with Crippen LogP contribution >= 0.6 is 0 Å². The minimum atomic E-state index is 0.546. The van der Waals surface area contributed by atoms with E-state index in [-0.39, 0.29) is 0 Å². The Balaban J connectivity index is 2.11. The quantitative estimate of drug-likeness (QED) is 0.793. The molecule has 90 valence electrons. The Hall–Kier alpha value is -1.68. The van der Waals surface area contributed by atoms with Gasteiger partial charge in [0.25, 0.3) is 0 Å². The standard InChI is InChI=1S/C13H17N3O/c1-11(2)9-17-10-12-5-3-4-6-13(12)16-14-7-8-15-16/h3-8,11H,9-10H2,1-2H3. The zero-order chi connectivity index (χ0) is 12.1. The van der Waals surface area contributed by atoms with Gasteiger partial charge in [0.2, 0.25) is 0 Å². The molecule has 0 saturated heterocycles. The summed E-state index contributed by atoms with van der Waals surface area (Å²) in [6.45, 7) is 5.64. The van der Waals surface area contributed by atoms with Crippen molar-refractivity contribution in [1.82, 2.24) is 15.0 Å². The number of rotatable bonds is 5. The molecular weight excluding hydrogens is 214 g/mol. The van der Waals surface area contributed by atoms with Crippen LogP contribution in [0, 0.1) is 5.92 Å². The highest BCUT2D eigenvalue weighted by Crippen LogP contribution is 2.13. The minimum absolute atomic E-state index is 0.546. The van der Waals surface area contributed by atoms with Crippen molar-refractivity contribution in [1.29, 1.82) is 0 Å². The third-order valence-electron chi connectivity index (χ3n) is 2.33. The van der Waals surface area contributed by atoms with Crippen LogP contribution in [-0.2, 0) is 11.3 Å². The van der Waals surface area contributed by atoms with Crippen molar-refractivity contribution in [2.45, 2.75) is 20.5 Å². The maximum Gasteiger partial charge on any atom is 0.0911 e. The molecule has 0 unspecified atom stereocenters. The van der Waals surface area contributed by atoms with E-state index in [0.29, 0.717) is 12.5 Å². The van der Waals surface area contributed by atoms with Crippen molar-refractivity contribution in [2.75, 3.05) is 6.61 Å². The highest BCUT2D eigenvalue weighted by Gasteiger charge is 2.05. The molecule has 0 aliphatic heterocycles. The van der Waals surface area contributed by atoms with Gasteiger partial charge < -0.3 is 4.74 Å². The Morgan fingerprint density at radius 3 is 2.59 bits per heavy atom. The van der Waals surface area contributed by atoms with Gasteiger partial charge in [0, 0.05) is 12.2 Å². The third kappa shape index (κ3) is 3.14. The summed E-state index contributed by atoms with van der Waals surface area (Å²) in [5.74, 6) is 0.546. The average Bonchev–Trinajstić information content (AvgIpc) is 2.82. The molecule has 0 aliphatic rings. The zero-order valence-electron chi connectivity index (χ0n) is 10.2. The molecule has 0 radical (unpaired) electrons. The minimum Gasteiger partial charge on any atom is -0.376 e. The molecule has 0 aliphatic carbocycles. The number of benzene rings is 1. The number of para-hydroxylation sites is 1.